The zero-order valence-corrected chi connectivity index (χ0v) is 31.7. The van der Waals surface area contributed by atoms with Gasteiger partial charge in [-0.05, 0) is 77.1 Å². The monoisotopic (exact) mass is 730 g/mol. The highest BCUT2D eigenvalue weighted by Crippen LogP contribution is 2.41. The van der Waals surface area contributed by atoms with E-state index in [9.17, 15) is 19.8 Å². The summed E-state index contributed by atoms with van der Waals surface area (Å²) in [5.41, 5.74) is 6.86. The molecule has 0 radical (unpaired) electrons. The first-order chi connectivity index (χ1) is 25.3. The SMILES string of the molecule is CC(C)(C)[Si](C)(C)O[C@@H](CNCc1ccc2nn(CCC=Cc3ccc(-c4ccccc4)c(NC(=O)O)c3)nc2c1)c1ccc(O)c2[nH]c(=O)ccc12. The van der Waals surface area contributed by atoms with Crippen molar-refractivity contribution in [2.24, 2.45) is 0 Å². The second-order valence-corrected chi connectivity index (χ2v) is 19.5. The van der Waals surface area contributed by atoms with Gasteiger partial charge in [-0.1, -0.05) is 87.5 Å². The van der Waals surface area contributed by atoms with E-state index in [-0.39, 0.29) is 22.5 Å². The van der Waals surface area contributed by atoms with Crippen LogP contribution in [0.25, 0.3) is 39.1 Å². The number of pyridine rings is 1. The highest BCUT2D eigenvalue weighted by atomic mass is 28.4. The van der Waals surface area contributed by atoms with Gasteiger partial charge in [0.2, 0.25) is 5.56 Å². The largest absolute Gasteiger partial charge is 0.506 e. The van der Waals surface area contributed by atoms with Crippen molar-refractivity contribution in [1.82, 2.24) is 25.3 Å². The molecule has 2 aromatic heterocycles. The molecule has 0 saturated carbocycles. The van der Waals surface area contributed by atoms with E-state index in [4.69, 9.17) is 9.52 Å². The number of fused-ring (bicyclic) bond motifs is 2. The first-order valence-corrected chi connectivity index (χ1v) is 20.6. The van der Waals surface area contributed by atoms with Crippen LogP contribution in [0, 0.1) is 0 Å². The van der Waals surface area contributed by atoms with Crippen molar-refractivity contribution in [3.8, 4) is 16.9 Å². The predicted molar refractivity (Wildman–Crippen MR) is 214 cm³/mol. The third kappa shape index (κ3) is 8.91. The lowest BCUT2D eigenvalue weighted by Crippen LogP contribution is -2.43. The molecule has 274 valence electrons. The van der Waals surface area contributed by atoms with Crippen molar-refractivity contribution in [3.05, 3.63) is 124 Å². The Balaban J connectivity index is 1.11. The Morgan fingerprint density at radius 2 is 1.75 bits per heavy atom. The van der Waals surface area contributed by atoms with Crippen LogP contribution in [0.2, 0.25) is 18.1 Å². The van der Waals surface area contributed by atoms with Gasteiger partial charge in [-0.3, -0.25) is 10.1 Å². The lowest BCUT2D eigenvalue weighted by molar-refractivity contribution is 0.181. The molecule has 0 saturated heterocycles. The van der Waals surface area contributed by atoms with Gasteiger partial charge in [-0.15, -0.1) is 0 Å². The number of nitrogens with one attached hydrogen (secondary N) is 3. The number of anilines is 1. The molecule has 0 bridgehead atoms. The molecule has 6 aromatic rings. The van der Waals surface area contributed by atoms with Crippen molar-refractivity contribution in [1.29, 1.82) is 0 Å². The molecule has 1 atom stereocenters. The molecule has 12 heteroatoms. The predicted octanol–water partition coefficient (Wildman–Crippen LogP) is 8.69. The van der Waals surface area contributed by atoms with Crippen LogP contribution in [-0.4, -0.2) is 51.1 Å². The number of hydrogen-bond acceptors (Lipinski definition) is 7. The van der Waals surface area contributed by atoms with E-state index in [1.54, 1.807) is 16.9 Å². The number of aryl methyl sites for hydroxylation is 1. The first kappa shape index (κ1) is 37.2. The van der Waals surface area contributed by atoms with E-state index in [0.29, 0.717) is 37.3 Å². The van der Waals surface area contributed by atoms with Crippen LogP contribution in [0.5, 0.6) is 5.75 Å². The molecular formula is C41H46N6O5Si. The second-order valence-electron chi connectivity index (χ2n) is 14.7. The molecule has 0 unspecified atom stereocenters. The highest BCUT2D eigenvalue weighted by molar-refractivity contribution is 6.74. The van der Waals surface area contributed by atoms with Gasteiger partial charge < -0.3 is 24.9 Å². The van der Waals surface area contributed by atoms with Crippen molar-refractivity contribution in [2.75, 3.05) is 11.9 Å². The number of aromatic nitrogens is 4. The van der Waals surface area contributed by atoms with Gasteiger partial charge in [0.25, 0.3) is 0 Å². The number of hydrogen-bond donors (Lipinski definition) is 5. The number of amides is 1. The summed E-state index contributed by atoms with van der Waals surface area (Å²) in [7, 11) is -2.21. The summed E-state index contributed by atoms with van der Waals surface area (Å²) in [5.74, 6) is 0.0239. The lowest BCUT2D eigenvalue weighted by atomic mass is 10.0. The van der Waals surface area contributed by atoms with Gasteiger partial charge in [0, 0.05) is 30.1 Å². The van der Waals surface area contributed by atoms with Crippen molar-refractivity contribution in [3.63, 3.8) is 0 Å². The third-order valence-electron chi connectivity index (χ3n) is 9.82. The Morgan fingerprint density at radius 1 is 0.981 bits per heavy atom. The van der Waals surface area contributed by atoms with E-state index < -0.39 is 14.4 Å². The van der Waals surface area contributed by atoms with Gasteiger partial charge in [0.1, 0.15) is 16.8 Å². The summed E-state index contributed by atoms with van der Waals surface area (Å²) in [6, 6.07) is 28.2. The van der Waals surface area contributed by atoms with Gasteiger partial charge in [-0.25, -0.2) is 4.79 Å². The number of phenolic OH excluding ortho intramolecular Hbond substituents is 1. The molecule has 0 aliphatic rings. The molecule has 2 heterocycles. The Morgan fingerprint density at radius 3 is 2.51 bits per heavy atom. The van der Waals surface area contributed by atoms with Crippen molar-refractivity contribution >= 4 is 48.1 Å². The summed E-state index contributed by atoms with van der Waals surface area (Å²) < 4.78 is 6.94. The average Bonchev–Trinajstić information content (AvgIpc) is 3.52. The van der Waals surface area contributed by atoms with E-state index in [0.717, 1.165) is 44.2 Å². The number of nitrogens with zero attached hydrogens (tertiary/aromatic N) is 3. The van der Waals surface area contributed by atoms with Crippen molar-refractivity contribution in [2.45, 2.75) is 64.5 Å². The molecule has 53 heavy (non-hydrogen) atoms. The second kappa shape index (κ2) is 15.6. The van der Waals surface area contributed by atoms with E-state index >= 15 is 0 Å². The fourth-order valence-electron chi connectivity index (χ4n) is 6.01. The number of allylic oxidation sites excluding steroid dienone is 1. The van der Waals surface area contributed by atoms with Crippen LogP contribution >= 0.6 is 0 Å². The summed E-state index contributed by atoms with van der Waals surface area (Å²) in [4.78, 5) is 28.0. The van der Waals surface area contributed by atoms with Crippen LogP contribution < -0.4 is 16.2 Å². The number of H-pyrrole nitrogens is 1. The minimum Gasteiger partial charge on any atom is -0.506 e. The zero-order chi connectivity index (χ0) is 37.8. The van der Waals surface area contributed by atoms with Gasteiger partial charge >= 0.3 is 6.09 Å². The number of phenols is 1. The van der Waals surface area contributed by atoms with Crippen LogP contribution in [0.15, 0.2) is 102 Å². The summed E-state index contributed by atoms with van der Waals surface area (Å²) >= 11 is 0. The molecule has 1 amide bonds. The van der Waals surface area contributed by atoms with Crippen LogP contribution in [0.4, 0.5) is 10.5 Å². The molecule has 0 aliphatic heterocycles. The molecular weight excluding hydrogens is 685 g/mol. The van der Waals surface area contributed by atoms with E-state index in [1.807, 2.05) is 84.9 Å². The maximum absolute atomic E-state index is 12.1. The molecule has 0 fully saturated rings. The number of benzene rings is 4. The smallest absolute Gasteiger partial charge is 0.409 e. The van der Waals surface area contributed by atoms with Gasteiger partial charge in [-0.2, -0.15) is 15.0 Å². The van der Waals surface area contributed by atoms with E-state index in [2.05, 4.69) is 54.6 Å². The highest BCUT2D eigenvalue weighted by Gasteiger charge is 2.39. The maximum Gasteiger partial charge on any atom is 0.409 e. The van der Waals surface area contributed by atoms with Gasteiger partial charge in [0.15, 0.2) is 8.32 Å². The number of carbonyl (C=O) groups is 1. The molecule has 5 N–H and O–H groups in total. The normalized spacial score (nSPS) is 12.8. The number of rotatable bonds is 13. The zero-order valence-electron chi connectivity index (χ0n) is 30.7. The molecule has 6 rings (SSSR count). The standard InChI is InChI=1S/C41H46N6O5Si/c1-41(2,3)53(4,5)52-37(31-17-20-36(48)39-32(31)18-21-38(49)44-39)26-42-25-28-15-19-33-35(24-28)46-47(45-33)22-10-9-11-27-14-16-30(29-12-7-6-8-13-29)34(23-27)43-40(50)51/h6-9,11-21,23-24,37,42-43,48H,10,22,25-26H2,1-5H3,(H,44,49)(H,50,51)/t37-/m0/s1. The molecule has 4 aromatic carbocycles. The Bertz CT molecular complexity index is 2330. The average molecular weight is 731 g/mol. The Kier molecular flexibility index (Phi) is 10.9. The maximum atomic E-state index is 12.1. The summed E-state index contributed by atoms with van der Waals surface area (Å²) in [6.45, 7) is 12.7. The van der Waals surface area contributed by atoms with E-state index in [1.165, 1.54) is 6.07 Å². The van der Waals surface area contributed by atoms with Crippen LogP contribution in [0.3, 0.4) is 0 Å². The number of aromatic hydroxyl groups is 1. The molecule has 0 spiro atoms. The number of aromatic amines is 1. The minimum atomic E-state index is -2.21. The lowest BCUT2D eigenvalue weighted by Gasteiger charge is -2.39. The third-order valence-corrected chi connectivity index (χ3v) is 14.3. The van der Waals surface area contributed by atoms with Crippen LogP contribution in [0.1, 0.15) is 50.0 Å². The van der Waals surface area contributed by atoms with Gasteiger partial charge in [0.05, 0.1) is 23.9 Å². The summed E-state index contributed by atoms with van der Waals surface area (Å²) in [6.07, 6.45) is 3.26. The quantitative estimate of drug-likeness (QED) is 0.0740. The minimum absolute atomic E-state index is 0.0178. The van der Waals surface area contributed by atoms with Crippen LogP contribution in [-0.2, 0) is 17.5 Å². The van der Waals surface area contributed by atoms with Crippen molar-refractivity contribution < 1.29 is 19.4 Å². The topological polar surface area (TPSA) is 154 Å². The molecule has 0 aliphatic carbocycles. The Hall–Kier alpha value is -5.56. The fourth-order valence-corrected chi connectivity index (χ4v) is 7.29. The fraction of sp³-hybridized carbons (Fsp3) is 0.268. The molecule has 11 nitrogen and oxygen atoms in total. The number of carboxylic acid groups (broad SMARTS) is 1. The first-order valence-electron chi connectivity index (χ1n) is 17.7. The Labute approximate surface area is 309 Å². The summed E-state index contributed by atoms with van der Waals surface area (Å²) in [5, 5.41) is 36.1.